The summed E-state index contributed by atoms with van der Waals surface area (Å²) in [6.45, 7) is 2.26. The topological polar surface area (TPSA) is 0 Å². The van der Waals surface area contributed by atoms with Gasteiger partial charge in [-0.2, -0.15) is 0 Å². The number of benzene rings is 3. The Morgan fingerprint density at radius 2 is 1.75 bits per heavy atom. The van der Waals surface area contributed by atoms with E-state index >= 15 is 0 Å². The first kappa shape index (κ1) is 19.5. The van der Waals surface area contributed by atoms with Crippen molar-refractivity contribution < 1.29 is 4.39 Å². The van der Waals surface area contributed by atoms with Crippen LogP contribution in [0.3, 0.4) is 0 Å². The fourth-order valence-electron chi connectivity index (χ4n) is 4.99. The maximum atomic E-state index is 14.3. The fraction of sp³-hybridized carbons (Fsp3) is 0.385. The van der Waals surface area contributed by atoms with Crippen molar-refractivity contribution in [2.24, 2.45) is 5.92 Å². The van der Waals surface area contributed by atoms with Crippen molar-refractivity contribution in [3.05, 3.63) is 82.1 Å². The van der Waals surface area contributed by atoms with Crippen LogP contribution in [0.2, 0.25) is 5.02 Å². The van der Waals surface area contributed by atoms with Gasteiger partial charge in [-0.3, -0.25) is 0 Å². The molecular weight excluding hydrogens is 367 g/mol. The van der Waals surface area contributed by atoms with E-state index in [1.807, 2.05) is 24.3 Å². The first-order valence-corrected chi connectivity index (χ1v) is 11.0. The molecule has 0 spiro atoms. The quantitative estimate of drug-likeness (QED) is 0.369. The van der Waals surface area contributed by atoms with Crippen LogP contribution in [0.15, 0.2) is 54.6 Å². The van der Waals surface area contributed by atoms with Gasteiger partial charge < -0.3 is 0 Å². The lowest BCUT2D eigenvalue weighted by molar-refractivity contribution is 0.368. The lowest BCUT2D eigenvalue weighted by Crippen LogP contribution is -2.22. The second-order valence-corrected chi connectivity index (χ2v) is 8.58. The van der Waals surface area contributed by atoms with Crippen LogP contribution in [-0.4, -0.2) is 0 Å². The number of hydrogen-bond acceptors (Lipinski definition) is 0. The van der Waals surface area contributed by atoms with Gasteiger partial charge in [-0.1, -0.05) is 80.6 Å². The van der Waals surface area contributed by atoms with Crippen molar-refractivity contribution in [2.45, 2.75) is 57.8 Å². The summed E-state index contributed by atoms with van der Waals surface area (Å²) in [6, 6.07) is 18.0. The van der Waals surface area contributed by atoms with E-state index in [2.05, 4.69) is 31.2 Å². The minimum absolute atomic E-state index is 0.120. The number of hydrogen-bond donors (Lipinski definition) is 0. The van der Waals surface area contributed by atoms with Crippen LogP contribution in [0.4, 0.5) is 4.39 Å². The Labute approximate surface area is 172 Å². The number of aryl methyl sites for hydroxylation is 1. The number of rotatable bonds is 6. The van der Waals surface area contributed by atoms with E-state index in [-0.39, 0.29) is 5.82 Å². The fourth-order valence-corrected chi connectivity index (χ4v) is 5.11. The van der Waals surface area contributed by atoms with Crippen molar-refractivity contribution >= 4 is 22.4 Å². The Kier molecular flexibility index (Phi) is 6.01. The molecule has 146 valence electrons. The first-order chi connectivity index (χ1) is 13.7. The van der Waals surface area contributed by atoms with E-state index in [0.29, 0.717) is 11.8 Å². The Bertz CT molecular complexity index is 945. The molecule has 4 rings (SSSR count). The van der Waals surface area contributed by atoms with E-state index < -0.39 is 0 Å². The van der Waals surface area contributed by atoms with Crippen LogP contribution in [0.25, 0.3) is 10.8 Å². The Balaban J connectivity index is 1.75. The summed E-state index contributed by atoms with van der Waals surface area (Å²) in [6.07, 6.45) is 8.66. The number of halogens is 2. The number of fused-ring (bicyclic) bond motifs is 3. The standard InChI is InChI=1S/C26H28ClF/c1-2-3-4-5-7-18-12-15-22-21-8-6-9-25(28)23(21)16-17-24(22)26(18)19-10-13-20(27)14-11-19/h6,8-11,13-14,16-18,26H,2-5,7,12,15H2,1H3/t18-,26-/m1/s1. The summed E-state index contributed by atoms with van der Waals surface area (Å²) in [4.78, 5) is 0. The van der Waals surface area contributed by atoms with Crippen molar-refractivity contribution in [2.75, 3.05) is 0 Å². The lowest BCUT2D eigenvalue weighted by Gasteiger charge is -2.35. The molecule has 0 aromatic heterocycles. The van der Waals surface area contributed by atoms with Gasteiger partial charge in [0.15, 0.2) is 0 Å². The summed E-state index contributed by atoms with van der Waals surface area (Å²) < 4.78 is 14.3. The van der Waals surface area contributed by atoms with Crippen LogP contribution >= 0.6 is 11.6 Å². The highest BCUT2D eigenvalue weighted by Gasteiger charge is 2.31. The minimum Gasteiger partial charge on any atom is -0.206 e. The maximum absolute atomic E-state index is 14.3. The summed E-state index contributed by atoms with van der Waals surface area (Å²) in [5, 5.41) is 2.61. The van der Waals surface area contributed by atoms with Crippen LogP contribution in [-0.2, 0) is 6.42 Å². The predicted octanol–water partition coefficient (Wildman–Crippen LogP) is 8.30. The van der Waals surface area contributed by atoms with Crippen LogP contribution in [0.1, 0.15) is 68.1 Å². The third-order valence-electron chi connectivity index (χ3n) is 6.39. The molecule has 1 aliphatic carbocycles. The van der Waals surface area contributed by atoms with E-state index in [9.17, 15) is 4.39 Å². The molecule has 0 saturated heterocycles. The molecule has 0 nitrogen and oxygen atoms in total. The number of unbranched alkanes of at least 4 members (excludes halogenated alkanes) is 3. The smallest absolute Gasteiger partial charge is 0.131 e. The molecule has 0 fully saturated rings. The molecule has 28 heavy (non-hydrogen) atoms. The second-order valence-electron chi connectivity index (χ2n) is 8.15. The molecule has 3 aromatic rings. The minimum atomic E-state index is -0.120. The van der Waals surface area contributed by atoms with E-state index in [4.69, 9.17) is 11.6 Å². The van der Waals surface area contributed by atoms with Gasteiger partial charge in [-0.15, -0.1) is 0 Å². The zero-order valence-electron chi connectivity index (χ0n) is 16.6. The predicted molar refractivity (Wildman–Crippen MR) is 118 cm³/mol. The molecule has 2 atom stereocenters. The van der Waals surface area contributed by atoms with Gasteiger partial charge in [0.1, 0.15) is 5.82 Å². The summed E-state index contributed by atoms with van der Waals surface area (Å²) in [5.41, 5.74) is 4.05. The van der Waals surface area contributed by atoms with Gasteiger partial charge in [0.2, 0.25) is 0 Å². The van der Waals surface area contributed by atoms with Crippen molar-refractivity contribution in [1.82, 2.24) is 0 Å². The van der Waals surface area contributed by atoms with E-state index in [1.165, 1.54) is 55.2 Å². The molecule has 0 unspecified atom stereocenters. The van der Waals surface area contributed by atoms with Gasteiger partial charge in [0.25, 0.3) is 0 Å². The molecule has 0 saturated carbocycles. The Morgan fingerprint density at radius 3 is 2.54 bits per heavy atom. The highest BCUT2D eigenvalue weighted by molar-refractivity contribution is 6.30. The van der Waals surface area contributed by atoms with Crippen LogP contribution < -0.4 is 0 Å². The van der Waals surface area contributed by atoms with E-state index in [0.717, 1.165) is 22.2 Å². The van der Waals surface area contributed by atoms with Crippen LogP contribution in [0, 0.1) is 11.7 Å². The zero-order chi connectivity index (χ0) is 19.5. The molecule has 2 heteroatoms. The van der Waals surface area contributed by atoms with Crippen LogP contribution in [0.5, 0.6) is 0 Å². The molecule has 0 heterocycles. The third-order valence-corrected chi connectivity index (χ3v) is 6.64. The molecule has 1 aliphatic rings. The molecule has 0 bridgehead atoms. The van der Waals surface area contributed by atoms with Crippen molar-refractivity contribution in [3.63, 3.8) is 0 Å². The second kappa shape index (κ2) is 8.66. The Hall–Kier alpha value is -1.86. The first-order valence-electron chi connectivity index (χ1n) is 10.6. The van der Waals surface area contributed by atoms with Gasteiger partial charge in [-0.25, -0.2) is 4.39 Å². The highest BCUT2D eigenvalue weighted by atomic mass is 35.5. The zero-order valence-corrected chi connectivity index (χ0v) is 17.3. The molecule has 0 amide bonds. The third kappa shape index (κ3) is 3.82. The molecular formula is C26H28ClF. The molecule has 0 radical (unpaired) electrons. The largest absolute Gasteiger partial charge is 0.206 e. The van der Waals surface area contributed by atoms with Gasteiger partial charge >= 0.3 is 0 Å². The maximum Gasteiger partial charge on any atom is 0.131 e. The normalized spacial score (nSPS) is 19.0. The summed E-state index contributed by atoms with van der Waals surface area (Å²) in [5.74, 6) is 0.886. The molecule has 3 aromatic carbocycles. The summed E-state index contributed by atoms with van der Waals surface area (Å²) >= 11 is 6.16. The van der Waals surface area contributed by atoms with Crippen molar-refractivity contribution in [1.29, 1.82) is 0 Å². The lowest BCUT2D eigenvalue weighted by atomic mass is 9.69. The highest BCUT2D eigenvalue weighted by Crippen LogP contribution is 2.45. The summed E-state index contributed by atoms with van der Waals surface area (Å²) in [7, 11) is 0. The molecule has 0 aliphatic heterocycles. The van der Waals surface area contributed by atoms with Crippen molar-refractivity contribution in [3.8, 4) is 0 Å². The Morgan fingerprint density at radius 1 is 0.929 bits per heavy atom. The van der Waals surface area contributed by atoms with Gasteiger partial charge in [0, 0.05) is 16.3 Å². The SMILES string of the molecule is CCCCCC[C@@H]1CCc2c(ccc3c(F)cccc23)[C@H]1c1ccc(Cl)cc1. The molecule has 0 N–H and O–H groups in total. The van der Waals surface area contributed by atoms with Gasteiger partial charge in [0.05, 0.1) is 0 Å². The van der Waals surface area contributed by atoms with E-state index in [1.54, 1.807) is 6.07 Å². The van der Waals surface area contributed by atoms with Gasteiger partial charge in [-0.05, 0) is 65.5 Å². The average Bonchev–Trinajstić information content (AvgIpc) is 2.71. The average molecular weight is 395 g/mol. The monoisotopic (exact) mass is 394 g/mol.